The number of benzene rings is 2. The van der Waals surface area contributed by atoms with Crippen molar-refractivity contribution in [2.45, 2.75) is 37.3 Å². The van der Waals surface area contributed by atoms with Gasteiger partial charge in [0.05, 0.1) is 0 Å². The Kier molecular flexibility index (Phi) is 7.80. The molecule has 3 rings (SSSR count). The number of hydrogen-bond acceptors (Lipinski definition) is 4. The summed E-state index contributed by atoms with van der Waals surface area (Å²) in [5.41, 5.74) is 1.41. The van der Waals surface area contributed by atoms with Gasteiger partial charge in [0.15, 0.2) is 6.10 Å². The molecule has 1 aliphatic rings. The van der Waals surface area contributed by atoms with E-state index in [1.54, 1.807) is 6.92 Å². The fourth-order valence-corrected chi connectivity index (χ4v) is 4.18. The van der Waals surface area contributed by atoms with Gasteiger partial charge in [-0.2, -0.15) is 0 Å². The summed E-state index contributed by atoms with van der Waals surface area (Å²) in [4.78, 5) is 16.2. The molecule has 0 spiro atoms. The van der Waals surface area contributed by atoms with Crippen LogP contribution in [0.5, 0.6) is 5.75 Å². The van der Waals surface area contributed by atoms with E-state index in [-0.39, 0.29) is 5.91 Å². The van der Waals surface area contributed by atoms with E-state index < -0.39 is 6.10 Å². The zero-order chi connectivity index (χ0) is 19.8. The van der Waals surface area contributed by atoms with Gasteiger partial charge in [-0.1, -0.05) is 36.4 Å². The van der Waals surface area contributed by atoms with Gasteiger partial charge in [0.1, 0.15) is 5.75 Å². The number of carbonyl (C=O) groups excluding carboxylic acids is 1. The second-order valence-electron chi connectivity index (χ2n) is 7.35. The van der Waals surface area contributed by atoms with E-state index in [1.165, 1.54) is 10.5 Å². The zero-order valence-corrected chi connectivity index (χ0v) is 17.6. The van der Waals surface area contributed by atoms with Crippen LogP contribution in [0.1, 0.15) is 25.3 Å². The van der Waals surface area contributed by atoms with Crippen LogP contribution in [0.4, 0.5) is 0 Å². The second kappa shape index (κ2) is 10.5. The number of nitrogens with zero attached hydrogens (tertiary/aromatic N) is 1. The topological polar surface area (TPSA) is 41.6 Å². The minimum atomic E-state index is -0.481. The fraction of sp³-hybridized carbons (Fsp3) is 0.435. The Morgan fingerprint density at radius 1 is 1.14 bits per heavy atom. The molecule has 1 heterocycles. The maximum Gasteiger partial charge on any atom is 0.260 e. The number of amides is 1. The van der Waals surface area contributed by atoms with Crippen molar-refractivity contribution >= 4 is 17.7 Å². The van der Waals surface area contributed by atoms with Crippen molar-refractivity contribution in [2.24, 2.45) is 5.92 Å². The number of hydrogen-bond donors (Lipinski definition) is 1. The maximum atomic E-state index is 12.3. The van der Waals surface area contributed by atoms with Crippen LogP contribution in [0.3, 0.4) is 0 Å². The molecule has 5 heteroatoms. The van der Waals surface area contributed by atoms with Crippen molar-refractivity contribution in [3.8, 4) is 5.75 Å². The molecule has 28 heavy (non-hydrogen) atoms. The molecule has 4 nitrogen and oxygen atoms in total. The molecule has 1 amide bonds. The smallest absolute Gasteiger partial charge is 0.260 e. The first-order chi connectivity index (χ1) is 13.7. The van der Waals surface area contributed by atoms with Crippen molar-refractivity contribution in [2.75, 3.05) is 25.9 Å². The summed E-state index contributed by atoms with van der Waals surface area (Å²) in [7, 11) is 0. The van der Waals surface area contributed by atoms with Gasteiger partial charge in [-0.25, -0.2) is 0 Å². The van der Waals surface area contributed by atoms with Gasteiger partial charge >= 0.3 is 0 Å². The molecular weight excluding hydrogens is 368 g/mol. The molecule has 1 atom stereocenters. The minimum Gasteiger partial charge on any atom is -0.481 e. The number of rotatable bonds is 8. The van der Waals surface area contributed by atoms with Gasteiger partial charge in [-0.05, 0) is 68.8 Å². The maximum absolute atomic E-state index is 12.3. The van der Waals surface area contributed by atoms with E-state index >= 15 is 0 Å². The van der Waals surface area contributed by atoms with Gasteiger partial charge in [-0.15, -0.1) is 11.8 Å². The Morgan fingerprint density at radius 3 is 2.54 bits per heavy atom. The molecule has 1 saturated heterocycles. The van der Waals surface area contributed by atoms with E-state index in [0.717, 1.165) is 44.8 Å². The van der Waals surface area contributed by atoms with Crippen LogP contribution >= 0.6 is 11.8 Å². The van der Waals surface area contributed by atoms with E-state index in [0.29, 0.717) is 5.92 Å². The monoisotopic (exact) mass is 398 g/mol. The average molecular weight is 399 g/mol. The van der Waals surface area contributed by atoms with Gasteiger partial charge < -0.3 is 10.1 Å². The molecule has 0 bridgehead atoms. The Balaban J connectivity index is 1.39. The third-order valence-corrected chi connectivity index (χ3v) is 6.12. The largest absolute Gasteiger partial charge is 0.481 e. The molecule has 150 valence electrons. The number of carbonyl (C=O) groups is 1. The molecule has 1 fully saturated rings. The lowest BCUT2D eigenvalue weighted by molar-refractivity contribution is -0.127. The lowest BCUT2D eigenvalue weighted by Gasteiger charge is -2.32. The number of ether oxygens (including phenoxy) is 1. The van der Waals surface area contributed by atoms with E-state index in [1.807, 2.05) is 42.1 Å². The van der Waals surface area contributed by atoms with Crippen LogP contribution in [0, 0.1) is 5.92 Å². The number of likely N-dealkylation sites (tertiary alicyclic amines) is 1. The zero-order valence-electron chi connectivity index (χ0n) is 16.8. The summed E-state index contributed by atoms with van der Waals surface area (Å²) < 4.78 is 5.70. The predicted octanol–water partition coefficient (Wildman–Crippen LogP) is 4.20. The van der Waals surface area contributed by atoms with Crippen molar-refractivity contribution < 1.29 is 9.53 Å². The van der Waals surface area contributed by atoms with Crippen molar-refractivity contribution in [1.29, 1.82) is 0 Å². The fourth-order valence-electron chi connectivity index (χ4n) is 3.57. The summed E-state index contributed by atoms with van der Waals surface area (Å²) in [6.45, 7) is 5.71. The minimum absolute atomic E-state index is 0.0415. The van der Waals surface area contributed by atoms with Crippen LogP contribution in [0.2, 0.25) is 0 Å². The van der Waals surface area contributed by atoms with E-state index in [9.17, 15) is 4.79 Å². The van der Waals surface area contributed by atoms with E-state index in [2.05, 4.69) is 40.7 Å². The summed E-state index contributed by atoms with van der Waals surface area (Å²) in [6.07, 6.45) is 3.90. The molecule has 1 N–H and O–H groups in total. The number of piperidine rings is 1. The van der Waals surface area contributed by atoms with Crippen LogP contribution in [-0.2, 0) is 11.3 Å². The molecule has 2 aromatic carbocycles. The molecular formula is C23H30N2O2S. The summed E-state index contributed by atoms with van der Waals surface area (Å²) in [5.74, 6) is 1.23. The Bertz CT molecular complexity index is 745. The predicted molar refractivity (Wildman–Crippen MR) is 116 cm³/mol. The molecule has 0 aliphatic carbocycles. The molecule has 0 aromatic heterocycles. The second-order valence-corrected chi connectivity index (χ2v) is 8.20. The summed E-state index contributed by atoms with van der Waals surface area (Å²) in [6, 6.07) is 18.1. The van der Waals surface area contributed by atoms with Crippen LogP contribution < -0.4 is 10.1 Å². The van der Waals surface area contributed by atoms with Crippen molar-refractivity contribution in [1.82, 2.24) is 10.2 Å². The highest BCUT2D eigenvalue weighted by atomic mass is 32.2. The van der Waals surface area contributed by atoms with Crippen LogP contribution in [0.25, 0.3) is 0 Å². The van der Waals surface area contributed by atoms with Crippen molar-refractivity contribution in [3.63, 3.8) is 0 Å². The standard InChI is InChI=1S/C23H30N2O2S/c1-18(27-21-9-4-3-5-10-21)23(26)24-16-19-12-14-25(15-13-19)17-20-8-6-7-11-22(20)28-2/h3-11,18-19H,12-17H2,1-2H3,(H,24,26). The lowest BCUT2D eigenvalue weighted by atomic mass is 9.96. The highest BCUT2D eigenvalue weighted by Crippen LogP contribution is 2.24. The Hall–Kier alpha value is -1.98. The lowest BCUT2D eigenvalue weighted by Crippen LogP contribution is -2.42. The molecule has 1 unspecified atom stereocenters. The number of para-hydroxylation sites is 1. The normalized spacial score (nSPS) is 16.5. The summed E-state index contributed by atoms with van der Waals surface area (Å²) >= 11 is 1.81. The first-order valence-corrected chi connectivity index (χ1v) is 11.2. The average Bonchev–Trinajstić information content (AvgIpc) is 2.74. The molecule has 1 aliphatic heterocycles. The molecule has 0 radical (unpaired) electrons. The molecule has 2 aromatic rings. The van der Waals surface area contributed by atoms with Crippen LogP contribution in [-0.4, -0.2) is 42.8 Å². The first-order valence-electron chi connectivity index (χ1n) is 9.99. The third-order valence-electron chi connectivity index (χ3n) is 5.28. The van der Waals surface area contributed by atoms with Gasteiger partial charge in [0, 0.05) is 18.0 Å². The summed E-state index contributed by atoms with van der Waals surface area (Å²) in [5, 5.41) is 3.07. The quantitative estimate of drug-likeness (QED) is 0.677. The molecule has 0 saturated carbocycles. The van der Waals surface area contributed by atoms with E-state index in [4.69, 9.17) is 4.74 Å². The highest BCUT2D eigenvalue weighted by molar-refractivity contribution is 7.98. The SMILES string of the molecule is CSc1ccccc1CN1CCC(CNC(=O)C(C)Oc2ccccc2)CC1. The third kappa shape index (κ3) is 6.01. The van der Waals surface area contributed by atoms with Gasteiger partial charge in [0.2, 0.25) is 0 Å². The Labute approximate surface area is 172 Å². The number of nitrogens with one attached hydrogen (secondary N) is 1. The Morgan fingerprint density at radius 2 is 1.82 bits per heavy atom. The number of thioether (sulfide) groups is 1. The van der Waals surface area contributed by atoms with Crippen molar-refractivity contribution in [3.05, 3.63) is 60.2 Å². The van der Waals surface area contributed by atoms with Crippen LogP contribution in [0.15, 0.2) is 59.5 Å². The first kappa shape index (κ1) is 20.7. The highest BCUT2D eigenvalue weighted by Gasteiger charge is 2.22. The van der Waals surface area contributed by atoms with Gasteiger partial charge in [-0.3, -0.25) is 9.69 Å². The van der Waals surface area contributed by atoms with Gasteiger partial charge in [0.25, 0.3) is 5.91 Å².